The van der Waals surface area contributed by atoms with Gasteiger partial charge in [-0.2, -0.15) is 0 Å². The van der Waals surface area contributed by atoms with Crippen LogP contribution < -0.4 is 10.6 Å². The third kappa shape index (κ3) is 4.52. The summed E-state index contributed by atoms with van der Waals surface area (Å²) in [4.78, 5) is 27.9. The lowest BCUT2D eigenvalue weighted by Gasteiger charge is -2.31. The summed E-state index contributed by atoms with van der Waals surface area (Å²) in [5.74, 6) is 0.904. The van der Waals surface area contributed by atoms with Crippen LogP contribution in [0, 0.1) is 5.92 Å². The Morgan fingerprint density at radius 1 is 1.29 bits per heavy atom. The molecule has 9 heteroatoms. The first-order valence-corrected chi connectivity index (χ1v) is 10.4. The highest BCUT2D eigenvalue weighted by atomic mass is 32.2. The van der Waals surface area contributed by atoms with Gasteiger partial charge in [-0.05, 0) is 37.8 Å². The first-order valence-electron chi connectivity index (χ1n) is 9.55. The molecule has 2 heterocycles. The van der Waals surface area contributed by atoms with Crippen molar-refractivity contribution in [3.8, 4) is 11.4 Å². The number of aromatic nitrogens is 4. The molecule has 1 aliphatic rings. The van der Waals surface area contributed by atoms with E-state index in [1.807, 2.05) is 12.1 Å². The van der Waals surface area contributed by atoms with E-state index in [1.54, 1.807) is 19.3 Å². The fourth-order valence-corrected chi connectivity index (χ4v) is 4.42. The highest BCUT2D eigenvalue weighted by Crippen LogP contribution is 2.39. The van der Waals surface area contributed by atoms with Crippen LogP contribution in [0.4, 0.5) is 4.79 Å². The number of pyridine rings is 1. The van der Waals surface area contributed by atoms with Crippen molar-refractivity contribution >= 4 is 23.7 Å². The van der Waals surface area contributed by atoms with Gasteiger partial charge < -0.3 is 5.32 Å². The van der Waals surface area contributed by atoms with Gasteiger partial charge in [-0.25, -0.2) is 4.79 Å². The molecule has 150 valence electrons. The van der Waals surface area contributed by atoms with Gasteiger partial charge in [0.1, 0.15) is 0 Å². The van der Waals surface area contributed by atoms with E-state index >= 15 is 0 Å². The molecule has 0 spiro atoms. The van der Waals surface area contributed by atoms with Crippen LogP contribution in [0.15, 0.2) is 29.7 Å². The first kappa shape index (κ1) is 20.3. The fourth-order valence-electron chi connectivity index (χ4n) is 3.52. The zero-order valence-electron chi connectivity index (χ0n) is 16.4. The molecule has 8 nitrogen and oxygen atoms in total. The highest BCUT2D eigenvalue weighted by molar-refractivity contribution is 8.00. The number of nitrogens with zero attached hydrogens (tertiary/aromatic N) is 4. The third-order valence-corrected chi connectivity index (χ3v) is 6.15. The van der Waals surface area contributed by atoms with E-state index < -0.39 is 11.3 Å². The molecule has 0 bridgehead atoms. The number of hydrogen-bond acceptors (Lipinski definition) is 6. The van der Waals surface area contributed by atoms with Crippen LogP contribution in [0.1, 0.15) is 45.6 Å². The summed E-state index contributed by atoms with van der Waals surface area (Å²) in [6.45, 7) is 4.02. The molecule has 3 rings (SSSR count). The van der Waals surface area contributed by atoms with Crippen molar-refractivity contribution in [1.82, 2.24) is 30.4 Å². The van der Waals surface area contributed by atoms with Gasteiger partial charge in [0.15, 0.2) is 11.0 Å². The second-order valence-electron chi connectivity index (χ2n) is 7.08. The van der Waals surface area contributed by atoms with Crippen molar-refractivity contribution in [1.29, 1.82) is 0 Å². The molecule has 1 aliphatic carbocycles. The molecule has 0 saturated heterocycles. The van der Waals surface area contributed by atoms with Crippen molar-refractivity contribution in [3.63, 3.8) is 0 Å². The Labute approximate surface area is 168 Å². The number of hydrogen-bond donors (Lipinski definition) is 2. The summed E-state index contributed by atoms with van der Waals surface area (Å²) in [7, 11) is 1.47. The topological polar surface area (TPSA) is 102 Å². The number of urea groups is 1. The molecule has 0 unspecified atom stereocenters. The predicted octanol–water partition coefficient (Wildman–Crippen LogP) is 3.03. The summed E-state index contributed by atoms with van der Waals surface area (Å²) < 4.78 is 2.16. The Morgan fingerprint density at radius 3 is 2.75 bits per heavy atom. The molecule has 3 amide bonds. The second kappa shape index (κ2) is 9.18. The zero-order chi connectivity index (χ0) is 20.1. The summed E-state index contributed by atoms with van der Waals surface area (Å²) in [5.41, 5.74) is 0.905. The molecule has 0 aromatic carbocycles. The fraction of sp³-hybridized carbons (Fsp3) is 0.526. The van der Waals surface area contributed by atoms with Crippen LogP contribution in [0.25, 0.3) is 11.4 Å². The van der Waals surface area contributed by atoms with Crippen LogP contribution in [0.3, 0.4) is 0 Å². The Kier molecular flexibility index (Phi) is 6.66. The molecule has 0 radical (unpaired) electrons. The lowest BCUT2D eigenvalue weighted by molar-refractivity contribution is -0.119. The predicted molar refractivity (Wildman–Crippen MR) is 108 cm³/mol. The van der Waals surface area contributed by atoms with Crippen molar-refractivity contribution < 1.29 is 9.59 Å². The van der Waals surface area contributed by atoms with Gasteiger partial charge in [-0.1, -0.05) is 31.5 Å². The second-order valence-corrected chi connectivity index (χ2v) is 8.38. The average molecular weight is 403 g/mol. The summed E-state index contributed by atoms with van der Waals surface area (Å²) >= 11 is 1.32. The average Bonchev–Trinajstić information content (AvgIpc) is 3.12. The van der Waals surface area contributed by atoms with Crippen molar-refractivity contribution in [2.45, 2.75) is 56.0 Å². The SMILES string of the molecule is CNC(=O)NC(=O)[C@H](C)Sc1nnc(-c2cccnc2)n1[C@H]1CCCC[C@@H]1C. The minimum Gasteiger partial charge on any atom is -0.341 e. The van der Waals surface area contributed by atoms with Crippen molar-refractivity contribution in [2.75, 3.05) is 7.05 Å². The summed E-state index contributed by atoms with van der Waals surface area (Å²) in [5, 5.41) is 13.7. The normalized spacial score (nSPS) is 20.4. The highest BCUT2D eigenvalue weighted by Gasteiger charge is 2.30. The van der Waals surface area contributed by atoms with Crippen LogP contribution in [-0.2, 0) is 4.79 Å². The molecule has 1 saturated carbocycles. The number of nitrogens with one attached hydrogen (secondary N) is 2. The largest absolute Gasteiger partial charge is 0.341 e. The van der Waals surface area contributed by atoms with Crippen LogP contribution >= 0.6 is 11.8 Å². The maximum absolute atomic E-state index is 12.3. The first-order chi connectivity index (χ1) is 13.5. The molecule has 2 aromatic rings. The van der Waals surface area contributed by atoms with E-state index in [1.165, 1.54) is 25.2 Å². The molecule has 0 aliphatic heterocycles. The van der Waals surface area contributed by atoms with E-state index in [4.69, 9.17) is 0 Å². The van der Waals surface area contributed by atoms with Crippen LogP contribution in [0.2, 0.25) is 0 Å². The zero-order valence-corrected chi connectivity index (χ0v) is 17.2. The maximum Gasteiger partial charge on any atom is 0.321 e. The molecular weight excluding hydrogens is 376 g/mol. The van der Waals surface area contributed by atoms with E-state index in [0.717, 1.165) is 30.7 Å². The van der Waals surface area contributed by atoms with Gasteiger partial charge in [-0.3, -0.25) is 19.7 Å². The van der Waals surface area contributed by atoms with Gasteiger partial charge in [0, 0.05) is 31.0 Å². The molecule has 1 fully saturated rings. The number of carbonyl (C=O) groups is 2. The van der Waals surface area contributed by atoms with Gasteiger partial charge >= 0.3 is 6.03 Å². The smallest absolute Gasteiger partial charge is 0.321 e. The Bertz CT molecular complexity index is 825. The third-order valence-electron chi connectivity index (χ3n) is 5.10. The minimum absolute atomic E-state index is 0.274. The van der Waals surface area contributed by atoms with Crippen molar-refractivity contribution in [2.24, 2.45) is 5.92 Å². The maximum atomic E-state index is 12.3. The van der Waals surface area contributed by atoms with Crippen LogP contribution in [0.5, 0.6) is 0 Å². The number of rotatable bonds is 5. The molecule has 2 N–H and O–H groups in total. The summed E-state index contributed by atoms with van der Waals surface area (Å²) in [6.07, 6.45) is 8.12. The van der Waals surface area contributed by atoms with Crippen LogP contribution in [-0.4, -0.2) is 44.0 Å². The van der Waals surface area contributed by atoms with E-state index in [0.29, 0.717) is 11.1 Å². The molecule has 28 heavy (non-hydrogen) atoms. The quantitative estimate of drug-likeness (QED) is 0.746. The lowest BCUT2D eigenvalue weighted by atomic mass is 9.85. The number of thioether (sulfide) groups is 1. The standard InChI is InChI=1S/C19H26N6O2S/c1-12-7-4-5-9-15(12)25-16(14-8-6-10-21-11-14)23-24-19(25)28-13(2)17(26)22-18(27)20-3/h6,8,10-13,15H,4-5,7,9H2,1-3H3,(H2,20,22,26,27)/t12-,13-,15-/m0/s1. The number of carbonyl (C=O) groups excluding carboxylic acids is 2. The minimum atomic E-state index is -0.518. The van der Waals surface area contributed by atoms with Gasteiger partial charge in [0.2, 0.25) is 5.91 Å². The lowest BCUT2D eigenvalue weighted by Crippen LogP contribution is -2.41. The molecule has 2 aromatic heterocycles. The van der Waals surface area contributed by atoms with E-state index in [9.17, 15) is 9.59 Å². The summed E-state index contributed by atoms with van der Waals surface area (Å²) in [6, 6.07) is 3.61. The molecule has 3 atom stereocenters. The number of imide groups is 1. The van der Waals surface area contributed by atoms with E-state index in [2.05, 4.69) is 37.3 Å². The Morgan fingerprint density at radius 2 is 2.07 bits per heavy atom. The molecular formula is C19H26N6O2S. The number of amides is 3. The Hall–Kier alpha value is -2.42. The monoisotopic (exact) mass is 402 g/mol. The van der Waals surface area contributed by atoms with E-state index in [-0.39, 0.29) is 11.9 Å². The van der Waals surface area contributed by atoms with Gasteiger partial charge in [-0.15, -0.1) is 10.2 Å². The van der Waals surface area contributed by atoms with Crippen molar-refractivity contribution in [3.05, 3.63) is 24.5 Å². The van der Waals surface area contributed by atoms with Gasteiger partial charge in [0.05, 0.1) is 5.25 Å². The van der Waals surface area contributed by atoms with Gasteiger partial charge in [0.25, 0.3) is 0 Å². The Balaban J connectivity index is 1.91.